The number of aryl methyl sites for hydroxylation is 1. The van der Waals surface area contributed by atoms with Gasteiger partial charge in [0.05, 0.1) is 18.8 Å². The number of amides is 1. The second-order valence-corrected chi connectivity index (χ2v) is 6.33. The van der Waals surface area contributed by atoms with E-state index >= 15 is 0 Å². The number of hydrogen-bond donors (Lipinski definition) is 2. The average molecular weight is 309 g/mol. The third kappa shape index (κ3) is 4.30. The third-order valence-electron chi connectivity index (χ3n) is 4.26. The molecule has 1 aromatic rings. The maximum absolute atomic E-state index is 12.3. The average Bonchev–Trinajstić information content (AvgIpc) is 3.13. The number of hydrogen-bond acceptors (Lipinski definition) is 4. The predicted molar refractivity (Wildman–Crippen MR) is 83.2 cm³/mol. The van der Waals surface area contributed by atoms with E-state index in [4.69, 9.17) is 4.74 Å². The van der Waals surface area contributed by atoms with Crippen LogP contribution in [-0.4, -0.2) is 39.5 Å². The van der Waals surface area contributed by atoms with Crippen LogP contribution in [0.2, 0.25) is 0 Å². The van der Waals surface area contributed by atoms with Gasteiger partial charge in [-0.1, -0.05) is 19.8 Å². The van der Waals surface area contributed by atoms with Gasteiger partial charge in [0.2, 0.25) is 5.91 Å². The van der Waals surface area contributed by atoms with Crippen LogP contribution in [0.3, 0.4) is 0 Å². The fourth-order valence-corrected chi connectivity index (χ4v) is 2.77. The zero-order valence-electron chi connectivity index (χ0n) is 13.7. The Balaban J connectivity index is 1.87. The molecule has 0 radical (unpaired) electrons. The number of aromatic nitrogens is 2. The molecule has 2 unspecified atom stereocenters. The molecule has 0 aromatic carbocycles. The largest absolute Gasteiger partial charge is 0.383 e. The van der Waals surface area contributed by atoms with E-state index in [0.717, 1.165) is 12.8 Å². The van der Waals surface area contributed by atoms with Crippen LogP contribution in [0.5, 0.6) is 0 Å². The first-order chi connectivity index (χ1) is 10.4. The van der Waals surface area contributed by atoms with Gasteiger partial charge in [-0.15, -0.1) is 0 Å². The quantitative estimate of drug-likeness (QED) is 0.800. The lowest BCUT2D eigenvalue weighted by atomic mass is 9.99. The van der Waals surface area contributed by atoms with E-state index in [1.54, 1.807) is 31.0 Å². The van der Waals surface area contributed by atoms with Crippen LogP contribution < -0.4 is 5.32 Å². The summed E-state index contributed by atoms with van der Waals surface area (Å²) in [6.45, 7) is 3.75. The molecule has 1 aliphatic carbocycles. The van der Waals surface area contributed by atoms with Gasteiger partial charge in [0.25, 0.3) is 0 Å². The molecular weight excluding hydrogens is 282 g/mol. The van der Waals surface area contributed by atoms with Gasteiger partial charge in [-0.05, 0) is 26.2 Å². The smallest absolute Gasteiger partial charge is 0.249 e. The Labute approximate surface area is 131 Å². The summed E-state index contributed by atoms with van der Waals surface area (Å²) >= 11 is 0. The van der Waals surface area contributed by atoms with Gasteiger partial charge in [0, 0.05) is 18.8 Å². The van der Waals surface area contributed by atoms with Gasteiger partial charge in [-0.25, -0.2) is 0 Å². The lowest BCUT2D eigenvalue weighted by Crippen LogP contribution is -2.44. The van der Waals surface area contributed by atoms with Crippen LogP contribution in [0.25, 0.3) is 0 Å². The highest BCUT2D eigenvalue weighted by atomic mass is 16.5. The monoisotopic (exact) mass is 309 g/mol. The first kappa shape index (κ1) is 17.0. The number of carbonyl (C=O) groups is 1. The lowest BCUT2D eigenvalue weighted by molar-refractivity contribution is -0.138. The molecule has 6 heteroatoms. The van der Waals surface area contributed by atoms with Crippen molar-refractivity contribution in [1.29, 1.82) is 0 Å². The minimum absolute atomic E-state index is 0.141. The Kier molecular flexibility index (Phi) is 5.58. The summed E-state index contributed by atoms with van der Waals surface area (Å²) in [5.74, 6) is -0.154. The molecule has 124 valence electrons. The Bertz CT molecular complexity index is 493. The van der Waals surface area contributed by atoms with Crippen LogP contribution in [0.4, 0.5) is 0 Å². The van der Waals surface area contributed by atoms with Crippen molar-refractivity contribution in [1.82, 2.24) is 15.1 Å². The van der Waals surface area contributed by atoms with E-state index < -0.39 is 11.7 Å². The van der Waals surface area contributed by atoms with E-state index in [-0.39, 0.29) is 18.6 Å². The topological polar surface area (TPSA) is 76.4 Å². The second kappa shape index (κ2) is 7.24. The molecular formula is C16H27N3O3. The Morgan fingerprint density at radius 2 is 2.27 bits per heavy atom. The third-order valence-corrected chi connectivity index (χ3v) is 4.26. The van der Waals surface area contributed by atoms with Crippen molar-refractivity contribution >= 4 is 5.91 Å². The van der Waals surface area contributed by atoms with Gasteiger partial charge in [-0.3, -0.25) is 9.48 Å². The van der Waals surface area contributed by atoms with E-state index in [2.05, 4.69) is 10.4 Å². The Hall–Kier alpha value is -1.40. The van der Waals surface area contributed by atoms with Crippen molar-refractivity contribution in [3.05, 3.63) is 18.0 Å². The maximum Gasteiger partial charge on any atom is 0.249 e. The highest BCUT2D eigenvalue weighted by Crippen LogP contribution is 2.23. The van der Waals surface area contributed by atoms with Crippen LogP contribution in [0.1, 0.15) is 51.5 Å². The minimum Gasteiger partial charge on any atom is -0.383 e. The van der Waals surface area contributed by atoms with Crippen LogP contribution in [-0.2, 0) is 22.2 Å². The van der Waals surface area contributed by atoms with Crippen molar-refractivity contribution < 1.29 is 14.6 Å². The number of ether oxygens (including phenoxy) is 1. The molecule has 1 amide bonds. The van der Waals surface area contributed by atoms with Crippen molar-refractivity contribution in [3.8, 4) is 0 Å². The van der Waals surface area contributed by atoms with Crippen molar-refractivity contribution in [2.45, 2.75) is 63.8 Å². The zero-order valence-corrected chi connectivity index (χ0v) is 13.7. The summed E-state index contributed by atoms with van der Waals surface area (Å²) in [5.41, 5.74) is -0.463. The fraction of sp³-hybridized carbons (Fsp3) is 0.750. The summed E-state index contributed by atoms with van der Waals surface area (Å²) in [6, 6.07) is 0. The molecule has 2 atom stereocenters. The fourth-order valence-electron chi connectivity index (χ4n) is 2.77. The number of aliphatic hydroxyl groups is 1. The van der Waals surface area contributed by atoms with Crippen LogP contribution >= 0.6 is 0 Å². The van der Waals surface area contributed by atoms with Crippen molar-refractivity contribution in [3.63, 3.8) is 0 Å². The molecule has 1 saturated carbocycles. The first-order valence-electron chi connectivity index (χ1n) is 8.07. The molecule has 22 heavy (non-hydrogen) atoms. The second-order valence-electron chi connectivity index (χ2n) is 6.33. The van der Waals surface area contributed by atoms with E-state index in [0.29, 0.717) is 12.0 Å². The molecule has 0 aliphatic heterocycles. The maximum atomic E-state index is 12.3. The zero-order chi connectivity index (χ0) is 16.2. The molecule has 0 bridgehead atoms. The Morgan fingerprint density at radius 1 is 1.59 bits per heavy atom. The minimum atomic E-state index is -1.14. The summed E-state index contributed by atoms with van der Waals surface area (Å²) in [7, 11) is 1.79. The van der Waals surface area contributed by atoms with Crippen LogP contribution in [0.15, 0.2) is 12.4 Å². The van der Waals surface area contributed by atoms with Gasteiger partial charge < -0.3 is 15.2 Å². The molecule has 0 saturated heterocycles. The van der Waals surface area contributed by atoms with Gasteiger partial charge in [-0.2, -0.15) is 5.10 Å². The van der Waals surface area contributed by atoms with Gasteiger partial charge in [0.15, 0.2) is 0 Å². The lowest BCUT2D eigenvalue weighted by Gasteiger charge is -2.25. The highest BCUT2D eigenvalue weighted by Gasteiger charge is 2.28. The van der Waals surface area contributed by atoms with E-state index in [1.165, 1.54) is 12.8 Å². The summed E-state index contributed by atoms with van der Waals surface area (Å²) in [6.07, 6.45) is 8.20. The number of rotatable bonds is 7. The summed E-state index contributed by atoms with van der Waals surface area (Å²) in [4.78, 5) is 12.3. The molecule has 6 nitrogen and oxygen atoms in total. The molecule has 1 fully saturated rings. The normalized spacial score (nSPS) is 19.8. The van der Waals surface area contributed by atoms with Crippen LogP contribution in [0, 0.1) is 0 Å². The molecule has 1 heterocycles. The molecule has 1 aliphatic rings. The molecule has 0 spiro atoms. The van der Waals surface area contributed by atoms with E-state index in [1.807, 2.05) is 6.92 Å². The van der Waals surface area contributed by atoms with Gasteiger partial charge >= 0.3 is 0 Å². The van der Waals surface area contributed by atoms with Gasteiger partial charge in [0.1, 0.15) is 11.7 Å². The SMILES string of the molecule is CCC(OC1CCCC1)C(=O)NCC(C)(O)c1cnn(C)c1. The number of nitrogens with zero attached hydrogens (tertiary/aromatic N) is 2. The number of carbonyl (C=O) groups excluding carboxylic acids is 1. The summed E-state index contributed by atoms with van der Waals surface area (Å²) < 4.78 is 7.52. The molecule has 1 aromatic heterocycles. The van der Waals surface area contributed by atoms with Crippen molar-refractivity contribution in [2.24, 2.45) is 7.05 Å². The number of nitrogens with one attached hydrogen (secondary N) is 1. The molecule has 2 rings (SSSR count). The van der Waals surface area contributed by atoms with Crippen molar-refractivity contribution in [2.75, 3.05) is 6.54 Å². The standard InChI is InChI=1S/C16H27N3O3/c1-4-14(22-13-7-5-6-8-13)15(20)17-11-16(2,21)12-9-18-19(3)10-12/h9-10,13-14,21H,4-8,11H2,1-3H3,(H,17,20). The summed E-state index contributed by atoms with van der Waals surface area (Å²) in [5, 5.41) is 17.3. The highest BCUT2D eigenvalue weighted by molar-refractivity contribution is 5.80. The van der Waals surface area contributed by atoms with E-state index in [9.17, 15) is 9.90 Å². The predicted octanol–water partition coefficient (Wildman–Crippen LogP) is 1.48. The molecule has 2 N–H and O–H groups in total. The first-order valence-corrected chi connectivity index (χ1v) is 8.07. The Morgan fingerprint density at radius 3 is 2.82 bits per heavy atom.